The molecular weight excluding hydrogens is 248 g/mol. The van der Waals surface area contributed by atoms with E-state index in [0.717, 1.165) is 0 Å². The van der Waals surface area contributed by atoms with Crippen LogP contribution in [0, 0.1) is 0 Å². The van der Waals surface area contributed by atoms with Gasteiger partial charge in [-0.25, -0.2) is 0 Å². The maximum Gasteiger partial charge on any atom is 0.307 e. The topological polar surface area (TPSA) is 61.8 Å². The average molecular weight is 264 g/mol. The molecule has 0 aromatic heterocycles. The Kier molecular flexibility index (Phi) is 5.11. The Morgan fingerprint density at radius 1 is 1.05 bits per heavy atom. The van der Waals surface area contributed by atoms with Crippen molar-refractivity contribution in [1.82, 2.24) is 0 Å². The molecule has 0 atom stereocenters. The number of hydrogen-bond donors (Lipinski definition) is 0. The van der Waals surface area contributed by atoms with E-state index >= 15 is 0 Å². The molecule has 5 heteroatoms. The Bertz CT molecular complexity index is 517. The van der Waals surface area contributed by atoms with Crippen LogP contribution in [-0.4, -0.2) is 26.0 Å². The molecule has 1 rings (SSSR count). The molecule has 1 aromatic carbocycles. The number of allylic oxidation sites excluding steroid dienone is 2. The monoisotopic (exact) mass is 264 g/mol. The lowest BCUT2D eigenvalue weighted by Crippen LogP contribution is -2.01. The van der Waals surface area contributed by atoms with E-state index < -0.39 is 5.97 Å². The molecule has 5 nitrogen and oxygen atoms in total. The SMILES string of the molecule is COc1ccc(C(=O)/C=C(\C)OC(C)=O)cc1OC. The van der Waals surface area contributed by atoms with Crippen molar-refractivity contribution in [3.8, 4) is 11.5 Å². The summed E-state index contributed by atoms with van der Waals surface area (Å²) in [6, 6.07) is 4.82. The lowest BCUT2D eigenvalue weighted by Gasteiger charge is -2.08. The summed E-state index contributed by atoms with van der Waals surface area (Å²) >= 11 is 0. The van der Waals surface area contributed by atoms with Crippen LogP contribution in [0.3, 0.4) is 0 Å². The van der Waals surface area contributed by atoms with Crippen LogP contribution in [0.5, 0.6) is 11.5 Å². The van der Waals surface area contributed by atoms with Crippen LogP contribution in [0.25, 0.3) is 0 Å². The molecule has 0 spiro atoms. The largest absolute Gasteiger partial charge is 0.493 e. The van der Waals surface area contributed by atoms with Crippen molar-refractivity contribution in [3.05, 3.63) is 35.6 Å². The fraction of sp³-hybridized carbons (Fsp3) is 0.286. The minimum Gasteiger partial charge on any atom is -0.493 e. The Labute approximate surface area is 111 Å². The first-order chi connectivity index (χ1) is 8.97. The zero-order chi connectivity index (χ0) is 14.4. The summed E-state index contributed by atoms with van der Waals surface area (Å²) in [6.45, 7) is 2.82. The number of methoxy groups -OCH3 is 2. The summed E-state index contributed by atoms with van der Waals surface area (Å²) < 4.78 is 15.0. The van der Waals surface area contributed by atoms with Crippen molar-refractivity contribution in [2.75, 3.05) is 14.2 Å². The van der Waals surface area contributed by atoms with Gasteiger partial charge in [-0.2, -0.15) is 0 Å². The fourth-order valence-electron chi connectivity index (χ4n) is 1.51. The van der Waals surface area contributed by atoms with E-state index in [9.17, 15) is 9.59 Å². The molecule has 1 aromatic rings. The highest BCUT2D eigenvalue weighted by Crippen LogP contribution is 2.27. The highest BCUT2D eigenvalue weighted by Gasteiger charge is 2.10. The fourth-order valence-corrected chi connectivity index (χ4v) is 1.51. The molecule has 0 saturated carbocycles. The molecule has 102 valence electrons. The van der Waals surface area contributed by atoms with E-state index in [0.29, 0.717) is 17.1 Å². The molecule has 0 saturated heterocycles. The van der Waals surface area contributed by atoms with E-state index in [-0.39, 0.29) is 11.5 Å². The second-order valence-electron chi connectivity index (χ2n) is 3.78. The third-order valence-electron chi connectivity index (χ3n) is 2.31. The quantitative estimate of drug-likeness (QED) is 0.353. The van der Waals surface area contributed by atoms with Gasteiger partial charge in [-0.15, -0.1) is 0 Å². The number of carbonyl (C=O) groups is 2. The zero-order valence-electron chi connectivity index (χ0n) is 11.4. The van der Waals surface area contributed by atoms with Gasteiger partial charge in [0, 0.05) is 18.6 Å². The predicted octanol–water partition coefficient (Wildman–Crippen LogP) is 2.35. The van der Waals surface area contributed by atoms with Crippen LogP contribution >= 0.6 is 0 Å². The lowest BCUT2D eigenvalue weighted by molar-refractivity contribution is -0.136. The minimum absolute atomic E-state index is 0.243. The summed E-state index contributed by atoms with van der Waals surface area (Å²) in [5, 5.41) is 0. The van der Waals surface area contributed by atoms with Crippen LogP contribution in [-0.2, 0) is 9.53 Å². The normalized spacial score (nSPS) is 10.8. The molecule has 0 N–H and O–H groups in total. The molecule has 0 amide bonds. The first-order valence-electron chi connectivity index (χ1n) is 5.61. The molecule has 0 aliphatic carbocycles. The van der Waals surface area contributed by atoms with Gasteiger partial charge in [-0.3, -0.25) is 9.59 Å². The van der Waals surface area contributed by atoms with Crippen molar-refractivity contribution in [3.63, 3.8) is 0 Å². The van der Waals surface area contributed by atoms with Crippen molar-refractivity contribution in [2.24, 2.45) is 0 Å². The van der Waals surface area contributed by atoms with Crippen molar-refractivity contribution in [1.29, 1.82) is 0 Å². The van der Waals surface area contributed by atoms with Crippen LogP contribution in [0.1, 0.15) is 24.2 Å². The number of carbonyl (C=O) groups excluding carboxylic acids is 2. The van der Waals surface area contributed by atoms with Crippen LogP contribution in [0.15, 0.2) is 30.0 Å². The zero-order valence-corrected chi connectivity index (χ0v) is 11.4. The number of benzene rings is 1. The molecule has 0 aliphatic heterocycles. The summed E-state index contributed by atoms with van der Waals surface area (Å²) in [5.41, 5.74) is 0.421. The third kappa shape index (κ3) is 4.13. The highest BCUT2D eigenvalue weighted by molar-refractivity contribution is 6.05. The van der Waals surface area contributed by atoms with Gasteiger partial charge in [0.1, 0.15) is 5.76 Å². The van der Waals surface area contributed by atoms with Gasteiger partial charge in [-0.05, 0) is 25.1 Å². The molecule has 0 aliphatic rings. The second kappa shape index (κ2) is 6.58. The molecule has 0 unspecified atom stereocenters. The Morgan fingerprint density at radius 3 is 2.21 bits per heavy atom. The maximum atomic E-state index is 11.9. The Balaban J connectivity index is 2.97. The minimum atomic E-state index is -0.464. The van der Waals surface area contributed by atoms with Gasteiger partial charge in [0.15, 0.2) is 17.3 Å². The lowest BCUT2D eigenvalue weighted by atomic mass is 10.1. The first kappa shape index (κ1) is 14.8. The van der Waals surface area contributed by atoms with E-state index in [1.54, 1.807) is 25.1 Å². The molecule has 0 bridgehead atoms. The van der Waals surface area contributed by atoms with Gasteiger partial charge in [0.2, 0.25) is 0 Å². The first-order valence-corrected chi connectivity index (χ1v) is 5.61. The number of ether oxygens (including phenoxy) is 3. The van der Waals surface area contributed by atoms with Crippen LogP contribution in [0.2, 0.25) is 0 Å². The Morgan fingerprint density at radius 2 is 1.68 bits per heavy atom. The van der Waals surface area contributed by atoms with Gasteiger partial charge >= 0.3 is 5.97 Å². The van der Waals surface area contributed by atoms with Crippen LogP contribution in [0.4, 0.5) is 0 Å². The van der Waals surface area contributed by atoms with Crippen molar-refractivity contribution in [2.45, 2.75) is 13.8 Å². The van der Waals surface area contributed by atoms with Crippen LogP contribution < -0.4 is 9.47 Å². The van der Waals surface area contributed by atoms with Gasteiger partial charge < -0.3 is 14.2 Å². The third-order valence-corrected chi connectivity index (χ3v) is 2.31. The second-order valence-corrected chi connectivity index (χ2v) is 3.78. The molecule has 0 heterocycles. The highest BCUT2D eigenvalue weighted by atomic mass is 16.5. The summed E-state index contributed by atoms with van der Waals surface area (Å²) in [7, 11) is 3.01. The summed E-state index contributed by atoms with van der Waals surface area (Å²) in [5.74, 6) is 0.507. The molecule has 0 radical (unpaired) electrons. The number of hydrogen-bond acceptors (Lipinski definition) is 5. The number of rotatable bonds is 5. The standard InChI is InChI=1S/C14H16O5/c1-9(19-10(2)15)7-12(16)11-5-6-13(17-3)14(8-11)18-4/h5-8H,1-4H3/b9-7+. The Hall–Kier alpha value is -2.30. The van der Waals surface area contributed by atoms with Gasteiger partial charge in [0.05, 0.1) is 14.2 Å². The van der Waals surface area contributed by atoms with Crippen molar-refractivity contribution < 1.29 is 23.8 Å². The van der Waals surface area contributed by atoms with E-state index in [1.165, 1.54) is 27.2 Å². The van der Waals surface area contributed by atoms with Gasteiger partial charge in [-0.1, -0.05) is 0 Å². The summed E-state index contributed by atoms with van der Waals surface area (Å²) in [6.07, 6.45) is 1.25. The van der Waals surface area contributed by atoms with Gasteiger partial charge in [0.25, 0.3) is 0 Å². The average Bonchev–Trinajstić information content (AvgIpc) is 2.36. The number of esters is 1. The smallest absolute Gasteiger partial charge is 0.307 e. The number of ketones is 1. The molecule has 0 fully saturated rings. The molecule has 19 heavy (non-hydrogen) atoms. The van der Waals surface area contributed by atoms with E-state index in [2.05, 4.69) is 0 Å². The maximum absolute atomic E-state index is 11.9. The predicted molar refractivity (Wildman–Crippen MR) is 69.4 cm³/mol. The summed E-state index contributed by atoms with van der Waals surface area (Å²) in [4.78, 5) is 22.7. The van der Waals surface area contributed by atoms with Crippen molar-refractivity contribution >= 4 is 11.8 Å². The van der Waals surface area contributed by atoms with E-state index in [1.807, 2.05) is 0 Å². The van der Waals surface area contributed by atoms with E-state index in [4.69, 9.17) is 14.2 Å². The molecular formula is C14H16O5.